The molecule has 0 N–H and O–H groups in total. The number of hydrogen-bond acceptors (Lipinski definition) is 4. The number of methoxy groups -OCH3 is 2. The molecule has 0 spiro atoms. The summed E-state index contributed by atoms with van der Waals surface area (Å²) in [5.74, 6) is -0.152. The minimum atomic E-state index is -0.482. The van der Waals surface area contributed by atoms with E-state index in [0.717, 1.165) is 5.56 Å². The standard InChI is InChI=1S/C17H24ClN3O4/c1-19(12-16(24-2)25-3)15(22)11-21-9-8-20(17(21)23)10-13-4-6-14(18)7-5-13/h4-7,16H,8-12H2,1-3H3. The molecule has 1 aliphatic heterocycles. The van der Waals surface area contributed by atoms with Crippen LogP contribution in [-0.2, 0) is 20.8 Å². The van der Waals surface area contributed by atoms with E-state index < -0.39 is 6.29 Å². The second-order valence-electron chi connectivity index (χ2n) is 5.93. The molecule has 1 heterocycles. The predicted molar refractivity (Wildman–Crippen MR) is 94.3 cm³/mol. The molecule has 25 heavy (non-hydrogen) atoms. The fourth-order valence-electron chi connectivity index (χ4n) is 2.59. The van der Waals surface area contributed by atoms with Crippen molar-refractivity contribution in [3.63, 3.8) is 0 Å². The van der Waals surface area contributed by atoms with Gasteiger partial charge in [0.15, 0.2) is 6.29 Å². The van der Waals surface area contributed by atoms with Crippen molar-refractivity contribution in [2.75, 3.05) is 47.4 Å². The first kappa shape index (κ1) is 19.5. The van der Waals surface area contributed by atoms with Gasteiger partial charge >= 0.3 is 6.03 Å². The molecule has 0 bridgehead atoms. The molecule has 3 amide bonds. The molecule has 1 saturated heterocycles. The fraction of sp³-hybridized carbons (Fsp3) is 0.529. The summed E-state index contributed by atoms with van der Waals surface area (Å²) < 4.78 is 10.2. The number of nitrogens with zero attached hydrogens (tertiary/aromatic N) is 3. The van der Waals surface area contributed by atoms with Crippen molar-refractivity contribution in [1.29, 1.82) is 0 Å². The van der Waals surface area contributed by atoms with Crippen LogP contribution in [0.4, 0.5) is 4.79 Å². The first-order chi connectivity index (χ1) is 11.9. The molecule has 0 aliphatic carbocycles. The Morgan fingerprint density at radius 2 is 1.80 bits per heavy atom. The van der Waals surface area contributed by atoms with Crippen molar-refractivity contribution in [3.05, 3.63) is 34.9 Å². The number of likely N-dealkylation sites (N-methyl/N-ethyl adjacent to an activating group) is 1. The molecule has 0 aromatic heterocycles. The minimum absolute atomic E-state index is 0.0482. The highest BCUT2D eigenvalue weighted by molar-refractivity contribution is 6.30. The molecule has 1 aliphatic rings. The summed E-state index contributed by atoms with van der Waals surface area (Å²) in [6.45, 7) is 1.99. The molecule has 7 nitrogen and oxygen atoms in total. The van der Waals surface area contributed by atoms with Crippen LogP contribution in [0.5, 0.6) is 0 Å². The van der Waals surface area contributed by atoms with Gasteiger partial charge in [-0.1, -0.05) is 23.7 Å². The van der Waals surface area contributed by atoms with Gasteiger partial charge in [0, 0.05) is 45.9 Å². The van der Waals surface area contributed by atoms with E-state index in [1.807, 2.05) is 12.1 Å². The summed E-state index contributed by atoms with van der Waals surface area (Å²) in [6.07, 6.45) is -0.482. The van der Waals surface area contributed by atoms with Gasteiger partial charge in [0.2, 0.25) is 5.91 Å². The number of benzene rings is 1. The summed E-state index contributed by atoms with van der Waals surface area (Å²) in [4.78, 5) is 29.6. The SMILES string of the molecule is COC(CN(C)C(=O)CN1CCN(Cc2ccc(Cl)cc2)C1=O)OC. The zero-order chi connectivity index (χ0) is 18.4. The molecule has 138 valence electrons. The third kappa shape index (κ3) is 5.32. The van der Waals surface area contributed by atoms with E-state index in [1.54, 1.807) is 29.0 Å². The van der Waals surface area contributed by atoms with Gasteiger partial charge in [-0.15, -0.1) is 0 Å². The Labute approximate surface area is 153 Å². The first-order valence-corrected chi connectivity index (χ1v) is 8.40. The largest absolute Gasteiger partial charge is 0.354 e. The maximum atomic E-state index is 12.5. The number of ether oxygens (including phenoxy) is 2. The second-order valence-corrected chi connectivity index (χ2v) is 6.36. The number of amides is 3. The number of hydrogen-bond donors (Lipinski definition) is 0. The van der Waals surface area contributed by atoms with E-state index in [4.69, 9.17) is 21.1 Å². The van der Waals surface area contributed by atoms with Crippen molar-refractivity contribution in [2.45, 2.75) is 12.8 Å². The van der Waals surface area contributed by atoms with Crippen molar-refractivity contribution in [2.24, 2.45) is 0 Å². The lowest BCUT2D eigenvalue weighted by Crippen LogP contribution is -2.43. The van der Waals surface area contributed by atoms with Gasteiger partial charge in [-0.2, -0.15) is 0 Å². The van der Waals surface area contributed by atoms with Gasteiger partial charge in [0.25, 0.3) is 0 Å². The maximum Gasteiger partial charge on any atom is 0.320 e. The number of urea groups is 1. The summed E-state index contributed by atoms with van der Waals surface area (Å²) in [7, 11) is 4.70. The van der Waals surface area contributed by atoms with E-state index in [-0.39, 0.29) is 18.5 Å². The van der Waals surface area contributed by atoms with Crippen molar-refractivity contribution < 1.29 is 19.1 Å². The van der Waals surface area contributed by atoms with Gasteiger partial charge in [-0.25, -0.2) is 4.79 Å². The summed E-state index contributed by atoms with van der Waals surface area (Å²) in [5.41, 5.74) is 1.01. The Morgan fingerprint density at radius 1 is 1.20 bits per heavy atom. The Hall–Kier alpha value is -1.83. The van der Waals surface area contributed by atoms with Crippen LogP contribution in [0.2, 0.25) is 5.02 Å². The van der Waals surface area contributed by atoms with E-state index >= 15 is 0 Å². The predicted octanol–water partition coefficient (Wildman–Crippen LogP) is 1.65. The molecule has 8 heteroatoms. The monoisotopic (exact) mass is 369 g/mol. The van der Waals surface area contributed by atoms with Crippen molar-refractivity contribution >= 4 is 23.5 Å². The molecule has 1 aromatic rings. The average molecular weight is 370 g/mol. The van der Waals surface area contributed by atoms with Gasteiger partial charge in [0.1, 0.15) is 6.54 Å². The molecule has 1 fully saturated rings. The highest BCUT2D eigenvalue weighted by atomic mass is 35.5. The lowest BCUT2D eigenvalue weighted by molar-refractivity contribution is -0.143. The van der Waals surface area contributed by atoms with E-state index in [9.17, 15) is 9.59 Å². The van der Waals surface area contributed by atoms with Crippen LogP contribution in [-0.4, -0.2) is 80.4 Å². The molecule has 2 rings (SSSR count). The van der Waals surface area contributed by atoms with Gasteiger partial charge in [0.05, 0.1) is 6.54 Å². The quantitative estimate of drug-likeness (QED) is 0.654. The Kier molecular flexibility index (Phi) is 7.04. The smallest absolute Gasteiger partial charge is 0.320 e. The summed E-state index contributed by atoms with van der Waals surface area (Å²) in [6, 6.07) is 7.26. The van der Waals surface area contributed by atoms with Crippen LogP contribution in [0.15, 0.2) is 24.3 Å². The zero-order valence-corrected chi connectivity index (χ0v) is 15.5. The molecule has 0 saturated carbocycles. The van der Waals surface area contributed by atoms with E-state index in [0.29, 0.717) is 31.2 Å². The van der Waals surface area contributed by atoms with E-state index in [1.165, 1.54) is 19.1 Å². The average Bonchev–Trinajstić information content (AvgIpc) is 2.94. The lowest BCUT2D eigenvalue weighted by atomic mass is 10.2. The second kappa shape index (κ2) is 9.03. The third-order valence-electron chi connectivity index (χ3n) is 4.17. The zero-order valence-electron chi connectivity index (χ0n) is 14.8. The van der Waals surface area contributed by atoms with Crippen LogP contribution >= 0.6 is 11.6 Å². The van der Waals surface area contributed by atoms with Gasteiger partial charge < -0.3 is 24.2 Å². The van der Waals surface area contributed by atoms with E-state index in [2.05, 4.69) is 0 Å². The Bertz CT molecular complexity index is 592. The van der Waals surface area contributed by atoms with Gasteiger partial charge in [-0.3, -0.25) is 4.79 Å². The molecule has 0 radical (unpaired) electrons. The van der Waals surface area contributed by atoms with Crippen LogP contribution in [0.3, 0.4) is 0 Å². The summed E-state index contributed by atoms with van der Waals surface area (Å²) >= 11 is 5.88. The minimum Gasteiger partial charge on any atom is -0.354 e. The van der Waals surface area contributed by atoms with Crippen molar-refractivity contribution in [1.82, 2.24) is 14.7 Å². The number of rotatable bonds is 8. The fourth-order valence-corrected chi connectivity index (χ4v) is 2.72. The molecular formula is C17H24ClN3O4. The van der Waals surface area contributed by atoms with Gasteiger partial charge in [-0.05, 0) is 17.7 Å². The third-order valence-corrected chi connectivity index (χ3v) is 4.42. The summed E-state index contributed by atoms with van der Waals surface area (Å²) in [5, 5.41) is 0.664. The Morgan fingerprint density at radius 3 is 2.40 bits per heavy atom. The highest BCUT2D eigenvalue weighted by Gasteiger charge is 2.30. The van der Waals surface area contributed by atoms with Crippen molar-refractivity contribution in [3.8, 4) is 0 Å². The Balaban J connectivity index is 1.86. The number of carbonyl (C=O) groups excluding carboxylic acids is 2. The molecule has 1 aromatic carbocycles. The number of halogens is 1. The van der Waals surface area contributed by atoms with Crippen LogP contribution in [0.25, 0.3) is 0 Å². The van der Waals surface area contributed by atoms with Crippen LogP contribution in [0, 0.1) is 0 Å². The molecule has 0 unspecified atom stereocenters. The number of carbonyl (C=O) groups is 2. The normalized spacial score (nSPS) is 14.5. The first-order valence-electron chi connectivity index (χ1n) is 8.02. The highest BCUT2D eigenvalue weighted by Crippen LogP contribution is 2.16. The topological polar surface area (TPSA) is 62.3 Å². The molecule has 0 atom stereocenters. The lowest BCUT2D eigenvalue weighted by Gasteiger charge is -2.24. The van der Waals surface area contributed by atoms with Crippen LogP contribution in [0.1, 0.15) is 5.56 Å². The van der Waals surface area contributed by atoms with Crippen LogP contribution < -0.4 is 0 Å². The molecular weight excluding hydrogens is 346 g/mol. The maximum absolute atomic E-state index is 12.5.